The molecule has 0 aromatic heterocycles. The van der Waals surface area contributed by atoms with Crippen molar-refractivity contribution in [3.8, 4) is 0 Å². The predicted octanol–water partition coefficient (Wildman–Crippen LogP) is 0.359. The first-order valence-corrected chi connectivity index (χ1v) is 8.64. The van der Waals surface area contributed by atoms with E-state index in [0.29, 0.717) is 4.87 Å². The number of rotatable bonds is 1. The van der Waals surface area contributed by atoms with E-state index in [9.17, 15) is 0 Å². The van der Waals surface area contributed by atoms with Gasteiger partial charge in [0.25, 0.3) is 0 Å². The molecule has 0 aromatic rings. The Kier molecular flexibility index (Phi) is 2.86. The maximum atomic E-state index is 5.52. The van der Waals surface area contributed by atoms with Crippen LogP contribution in [-0.4, -0.2) is 19.2 Å². The Morgan fingerprint density at radius 3 is 1.67 bits per heavy atom. The van der Waals surface area contributed by atoms with Gasteiger partial charge >= 0.3 is 43.4 Å². The van der Waals surface area contributed by atoms with E-state index in [1.165, 1.54) is 0 Å². The van der Waals surface area contributed by atoms with Gasteiger partial charge in [-0.2, -0.15) is 0 Å². The summed E-state index contributed by atoms with van der Waals surface area (Å²) < 4.78 is 0. The molecule has 0 heterocycles. The van der Waals surface area contributed by atoms with Crippen molar-refractivity contribution in [1.29, 1.82) is 0 Å². The van der Waals surface area contributed by atoms with Gasteiger partial charge in [0.05, 0.1) is 0 Å². The Bertz CT molecular complexity index is 28.5. The molecule has 0 aliphatic rings. The first-order valence-electron chi connectivity index (χ1n) is 2.40. The standard InChI is InChI=1S/C4H13GeN/c1-4(6)5(2)3/h4-5H,6H2,1-3H3. The second kappa shape index (κ2) is 2.64. The van der Waals surface area contributed by atoms with Gasteiger partial charge in [-0.3, -0.25) is 0 Å². The van der Waals surface area contributed by atoms with E-state index in [4.69, 9.17) is 5.73 Å². The van der Waals surface area contributed by atoms with Crippen LogP contribution in [0.3, 0.4) is 0 Å². The number of nitrogens with two attached hydrogens (primary N) is 1. The Hall–Kier alpha value is 0.503. The molecular weight excluding hydrogens is 135 g/mol. The van der Waals surface area contributed by atoms with Crippen LogP contribution in [0.5, 0.6) is 0 Å². The van der Waals surface area contributed by atoms with Gasteiger partial charge in [0, 0.05) is 0 Å². The second-order valence-electron chi connectivity index (χ2n) is 2.10. The molecule has 0 bridgehead atoms. The van der Waals surface area contributed by atoms with Crippen LogP contribution in [0.25, 0.3) is 0 Å². The van der Waals surface area contributed by atoms with Crippen molar-refractivity contribution in [2.24, 2.45) is 5.73 Å². The molecule has 0 saturated heterocycles. The van der Waals surface area contributed by atoms with E-state index >= 15 is 0 Å². The molecule has 0 saturated carbocycles. The molecule has 2 heteroatoms. The van der Waals surface area contributed by atoms with Gasteiger partial charge in [0.1, 0.15) is 0 Å². The van der Waals surface area contributed by atoms with Crippen molar-refractivity contribution in [2.45, 2.75) is 23.3 Å². The molecule has 0 fully saturated rings. The average molecular weight is 148 g/mol. The summed E-state index contributed by atoms with van der Waals surface area (Å²) in [4.78, 5) is 0.539. The third-order valence-corrected chi connectivity index (χ3v) is 5.46. The quantitative estimate of drug-likeness (QED) is 0.533. The third-order valence-electron chi connectivity index (χ3n) is 1.05. The van der Waals surface area contributed by atoms with Crippen molar-refractivity contribution in [3.63, 3.8) is 0 Å². The molecule has 2 N–H and O–H groups in total. The first-order chi connectivity index (χ1) is 2.64. The number of hydrogen-bond donors (Lipinski definition) is 1. The van der Waals surface area contributed by atoms with Crippen LogP contribution in [0.15, 0.2) is 0 Å². The summed E-state index contributed by atoms with van der Waals surface area (Å²) in [5.74, 6) is 4.61. The number of hydrogen-bond acceptors (Lipinski definition) is 1. The Labute approximate surface area is 44.0 Å². The van der Waals surface area contributed by atoms with E-state index in [1.807, 2.05) is 0 Å². The molecule has 0 spiro atoms. The van der Waals surface area contributed by atoms with Crippen molar-refractivity contribution < 1.29 is 0 Å². The van der Waals surface area contributed by atoms with Crippen molar-refractivity contribution in [1.82, 2.24) is 0 Å². The molecule has 1 atom stereocenters. The molecule has 1 unspecified atom stereocenters. The molecule has 0 rings (SSSR count). The summed E-state index contributed by atoms with van der Waals surface area (Å²) in [7, 11) is 0. The van der Waals surface area contributed by atoms with Crippen LogP contribution in [-0.2, 0) is 0 Å². The second-order valence-corrected chi connectivity index (χ2v) is 9.53. The zero-order valence-electron chi connectivity index (χ0n) is 4.73. The van der Waals surface area contributed by atoms with Crippen molar-refractivity contribution >= 4 is 14.3 Å². The van der Waals surface area contributed by atoms with E-state index in [1.54, 1.807) is 0 Å². The van der Waals surface area contributed by atoms with Gasteiger partial charge in [-0.15, -0.1) is 0 Å². The van der Waals surface area contributed by atoms with Crippen LogP contribution in [0.1, 0.15) is 6.92 Å². The topological polar surface area (TPSA) is 26.0 Å². The third kappa shape index (κ3) is 2.72. The van der Waals surface area contributed by atoms with Gasteiger partial charge in [-0.25, -0.2) is 0 Å². The Balaban J connectivity index is 2.99. The molecule has 0 aliphatic carbocycles. The van der Waals surface area contributed by atoms with Gasteiger partial charge in [-0.05, 0) is 0 Å². The Morgan fingerprint density at radius 1 is 1.50 bits per heavy atom. The van der Waals surface area contributed by atoms with Gasteiger partial charge < -0.3 is 0 Å². The van der Waals surface area contributed by atoms with Crippen LogP contribution < -0.4 is 5.73 Å². The molecule has 6 heavy (non-hydrogen) atoms. The summed E-state index contributed by atoms with van der Waals surface area (Å²) in [6, 6.07) is 0. The normalized spacial score (nSPS) is 15.5. The molecule has 1 nitrogen and oxygen atoms in total. The minimum absolute atomic E-state index is 0.539. The molecule has 0 aliphatic heterocycles. The van der Waals surface area contributed by atoms with E-state index in [-0.39, 0.29) is 0 Å². The van der Waals surface area contributed by atoms with Crippen LogP contribution >= 0.6 is 0 Å². The van der Waals surface area contributed by atoms with Crippen LogP contribution in [0.2, 0.25) is 11.5 Å². The van der Waals surface area contributed by atoms with Crippen molar-refractivity contribution in [2.75, 3.05) is 0 Å². The van der Waals surface area contributed by atoms with Crippen LogP contribution in [0.4, 0.5) is 0 Å². The Morgan fingerprint density at radius 2 is 1.67 bits per heavy atom. The van der Waals surface area contributed by atoms with Gasteiger partial charge in [0.2, 0.25) is 0 Å². The van der Waals surface area contributed by atoms with E-state index in [2.05, 4.69) is 18.4 Å². The average Bonchev–Trinajstić information content (AvgIpc) is 1.36. The maximum absolute atomic E-state index is 5.52. The van der Waals surface area contributed by atoms with E-state index < -0.39 is 14.3 Å². The summed E-state index contributed by atoms with van der Waals surface area (Å²) in [5.41, 5.74) is 5.52. The SMILES string of the molecule is C[CH](N)[GeH]([CH3])[CH3]. The zero-order chi connectivity index (χ0) is 5.15. The summed E-state index contributed by atoms with van der Waals surface area (Å²) in [5, 5.41) is 0. The zero-order valence-corrected chi connectivity index (χ0v) is 7.15. The molecule has 0 aromatic carbocycles. The fourth-order valence-electron chi connectivity index (χ4n) is 0. The van der Waals surface area contributed by atoms with Crippen LogP contribution in [0, 0.1) is 0 Å². The molecule has 38 valence electrons. The summed E-state index contributed by atoms with van der Waals surface area (Å²) >= 11 is -0.850. The fourth-order valence-corrected chi connectivity index (χ4v) is 0. The fraction of sp³-hybridized carbons (Fsp3) is 1.00. The molecule has 0 radical (unpaired) electrons. The first kappa shape index (κ1) is 6.50. The molecule has 0 amide bonds. The minimum atomic E-state index is -0.850. The van der Waals surface area contributed by atoms with E-state index in [0.717, 1.165) is 0 Å². The monoisotopic (exact) mass is 149 g/mol. The molecular formula is C4H13GeN. The van der Waals surface area contributed by atoms with Gasteiger partial charge in [0.15, 0.2) is 0 Å². The van der Waals surface area contributed by atoms with Gasteiger partial charge in [-0.1, -0.05) is 0 Å². The van der Waals surface area contributed by atoms with Crippen molar-refractivity contribution in [3.05, 3.63) is 0 Å². The summed E-state index contributed by atoms with van der Waals surface area (Å²) in [6.07, 6.45) is 0. The predicted molar refractivity (Wildman–Crippen MR) is 32.5 cm³/mol. The summed E-state index contributed by atoms with van der Waals surface area (Å²) in [6.45, 7) is 2.10.